The minimum absolute atomic E-state index is 0.417. The van der Waals surface area contributed by atoms with E-state index in [4.69, 9.17) is 5.73 Å². The van der Waals surface area contributed by atoms with Gasteiger partial charge in [-0.1, -0.05) is 6.92 Å². The number of nitrogens with two attached hydrogens (primary N) is 1. The Morgan fingerprint density at radius 2 is 2.00 bits per heavy atom. The van der Waals surface area contributed by atoms with E-state index < -0.39 is 0 Å². The van der Waals surface area contributed by atoms with Gasteiger partial charge in [0.2, 0.25) is 0 Å². The maximum absolute atomic E-state index is 5.93. The Kier molecular flexibility index (Phi) is 5.62. The summed E-state index contributed by atoms with van der Waals surface area (Å²) in [5, 5.41) is 0. The Labute approximate surface area is 95.2 Å². The van der Waals surface area contributed by atoms with Gasteiger partial charge in [0.25, 0.3) is 0 Å². The van der Waals surface area contributed by atoms with Gasteiger partial charge in [0.1, 0.15) is 0 Å². The summed E-state index contributed by atoms with van der Waals surface area (Å²) in [6.45, 7) is 9.35. The molecule has 0 saturated heterocycles. The summed E-state index contributed by atoms with van der Waals surface area (Å²) in [7, 11) is 0. The smallest absolute Gasteiger partial charge is 0.00387 e. The third kappa shape index (κ3) is 5.53. The van der Waals surface area contributed by atoms with Crippen molar-refractivity contribution in [3.63, 3.8) is 0 Å². The van der Waals surface area contributed by atoms with Crippen molar-refractivity contribution >= 4 is 0 Å². The largest absolute Gasteiger partial charge is 0.328 e. The van der Waals surface area contributed by atoms with E-state index in [1.807, 2.05) is 0 Å². The lowest BCUT2D eigenvalue weighted by Gasteiger charge is -2.26. The summed E-state index contributed by atoms with van der Waals surface area (Å²) >= 11 is 0. The molecular formula is C13H28N2. The molecule has 0 heterocycles. The summed E-state index contributed by atoms with van der Waals surface area (Å²) in [6, 6.07) is 1.11. The molecule has 1 unspecified atom stereocenters. The molecule has 0 aromatic heterocycles. The summed E-state index contributed by atoms with van der Waals surface area (Å²) in [5.74, 6) is 1.01. The number of nitrogens with zero attached hydrogens (tertiary/aromatic N) is 1. The minimum atomic E-state index is 0.417. The van der Waals surface area contributed by atoms with Crippen LogP contribution in [0.4, 0.5) is 0 Å². The first-order valence-electron chi connectivity index (χ1n) is 6.63. The fraction of sp³-hybridized carbons (Fsp3) is 1.00. The molecule has 2 heteroatoms. The van der Waals surface area contributed by atoms with Crippen LogP contribution in [0.25, 0.3) is 0 Å². The maximum Gasteiger partial charge on any atom is 0.00387 e. The monoisotopic (exact) mass is 212 g/mol. The van der Waals surface area contributed by atoms with Crippen LogP contribution in [0.15, 0.2) is 0 Å². The topological polar surface area (TPSA) is 29.3 Å². The first-order valence-corrected chi connectivity index (χ1v) is 6.63. The van der Waals surface area contributed by atoms with Crippen LogP contribution in [0.5, 0.6) is 0 Å². The average Bonchev–Trinajstić information content (AvgIpc) is 2.99. The lowest BCUT2D eigenvalue weighted by atomic mass is 10.1. The zero-order chi connectivity index (χ0) is 11.3. The highest BCUT2D eigenvalue weighted by Gasteiger charge is 2.25. The maximum atomic E-state index is 5.93. The number of hydrogen-bond acceptors (Lipinski definition) is 2. The summed E-state index contributed by atoms with van der Waals surface area (Å²) in [5.41, 5.74) is 5.93. The Morgan fingerprint density at radius 3 is 2.47 bits per heavy atom. The van der Waals surface area contributed by atoms with Crippen molar-refractivity contribution in [2.75, 3.05) is 13.1 Å². The third-order valence-corrected chi connectivity index (χ3v) is 3.46. The first kappa shape index (κ1) is 13.0. The van der Waals surface area contributed by atoms with Crippen molar-refractivity contribution in [2.24, 2.45) is 11.7 Å². The predicted molar refractivity (Wildman–Crippen MR) is 66.9 cm³/mol. The molecule has 1 saturated carbocycles. The fourth-order valence-electron chi connectivity index (χ4n) is 1.95. The van der Waals surface area contributed by atoms with Crippen molar-refractivity contribution in [2.45, 2.75) is 65.0 Å². The molecule has 1 fully saturated rings. The lowest BCUT2D eigenvalue weighted by molar-refractivity contribution is 0.206. The summed E-state index contributed by atoms with van der Waals surface area (Å²) in [4.78, 5) is 2.63. The van der Waals surface area contributed by atoms with E-state index in [1.54, 1.807) is 0 Å². The van der Waals surface area contributed by atoms with Crippen molar-refractivity contribution in [3.05, 3.63) is 0 Å². The molecule has 0 radical (unpaired) electrons. The van der Waals surface area contributed by atoms with Crippen LogP contribution in [0.2, 0.25) is 0 Å². The van der Waals surface area contributed by atoms with Gasteiger partial charge in [-0.25, -0.2) is 0 Å². The van der Waals surface area contributed by atoms with Crippen LogP contribution in [0.1, 0.15) is 52.9 Å². The van der Waals surface area contributed by atoms with Crippen LogP contribution in [-0.2, 0) is 0 Å². The van der Waals surface area contributed by atoms with E-state index in [2.05, 4.69) is 25.7 Å². The quantitative estimate of drug-likeness (QED) is 0.670. The molecule has 1 aliphatic carbocycles. The van der Waals surface area contributed by atoms with E-state index in [9.17, 15) is 0 Å². The number of rotatable bonds is 8. The van der Waals surface area contributed by atoms with Crippen LogP contribution >= 0.6 is 0 Å². The number of hydrogen-bond donors (Lipinski definition) is 1. The molecule has 0 aromatic carbocycles. The Morgan fingerprint density at radius 1 is 1.33 bits per heavy atom. The lowest BCUT2D eigenvalue weighted by Crippen LogP contribution is -2.34. The second-order valence-electron chi connectivity index (χ2n) is 5.34. The van der Waals surface area contributed by atoms with Gasteiger partial charge in [-0.3, -0.25) is 0 Å². The third-order valence-electron chi connectivity index (χ3n) is 3.46. The Bertz CT molecular complexity index is 164. The van der Waals surface area contributed by atoms with Gasteiger partial charge in [-0.15, -0.1) is 0 Å². The van der Waals surface area contributed by atoms with Crippen molar-refractivity contribution in [3.8, 4) is 0 Å². The minimum Gasteiger partial charge on any atom is -0.328 e. The van der Waals surface area contributed by atoms with E-state index in [0.29, 0.717) is 12.1 Å². The van der Waals surface area contributed by atoms with Crippen molar-refractivity contribution < 1.29 is 0 Å². The van der Waals surface area contributed by atoms with Gasteiger partial charge in [0.15, 0.2) is 0 Å². The highest BCUT2D eigenvalue weighted by atomic mass is 15.1. The molecular weight excluding hydrogens is 184 g/mol. The van der Waals surface area contributed by atoms with Crippen molar-refractivity contribution in [1.29, 1.82) is 0 Å². The standard InChI is InChI=1S/C13H28N2/c1-4-13(14)6-5-9-15(11(2)3)10-12-7-8-12/h11-13H,4-10,14H2,1-3H3. The van der Waals surface area contributed by atoms with E-state index >= 15 is 0 Å². The van der Waals surface area contributed by atoms with Gasteiger partial charge >= 0.3 is 0 Å². The first-order chi connectivity index (χ1) is 7.13. The van der Waals surface area contributed by atoms with E-state index in [-0.39, 0.29) is 0 Å². The molecule has 1 atom stereocenters. The zero-order valence-corrected chi connectivity index (χ0v) is 10.7. The van der Waals surface area contributed by atoms with Gasteiger partial charge in [-0.2, -0.15) is 0 Å². The van der Waals surface area contributed by atoms with Gasteiger partial charge < -0.3 is 10.6 Å². The molecule has 1 rings (SSSR count). The normalized spacial score (nSPS) is 18.8. The molecule has 0 amide bonds. The summed E-state index contributed by atoms with van der Waals surface area (Å²) in [6.07, 6.45) is 6.48. The fourth-order valence-corrected chi connectivity index (χ4v) is 1.95. The summed E-state index contributed by atoms with van der Waals surface area (Å²) < 4.78 is 0. The highest BCUT2D eigenvalue weighted by molar-refractivity contribution is 4.78. The molecule has 0 bridgehead atoms. The van der Waals surface area contributed by atoms with Gasteiger partial charge in [-0.05, 0) is 58.4 Å². The predicted octanol–water partition coefficient (Wildman–Crippen LogP) is 2.62. The Hall–Kier alpha value is -0.0800. The highest BCUT2D eigenvalue weighted by Crippen LogP contribution is 2.30. The average molecular weight is 212 g/mol. The SMILES string of the molecule is CCC(N)CCCN(CC1CC1)C(C)C. The molecule has 0 aliphatic heterocycles. The second kappa shape index (κ2) is 6.49. The second-order valence-corrected chi connectivity index (χ2v) is 5.34. The van der Waals surface area contributed by atoms with Crippen LogP contribution in [0, 0.1) is 5.92 Å². The molecule has 2 nitrogen and oxygen atoms in total. The molecule has 2 N–H and O–H groups in total. The molecule has 0 spiro atoms. The molecule has 0 aromatic rings. The van der Waals surface area contributed by atoms with Crippen LogP contribution in [0.3, 0.4) is 0 Å². The zero-order valence-electron chi connectivity index (χ0n) is 10.7. The molecule has 90 valence electrons. The van der Waals surface area contributed by atoms with Gasteiger partial charge in [0.05, 0.1) is 0 Å². The van der Waals surface area contributed by atoms with Crippen LogP contribution in [-0.4, -0.2) is 30.1 Å². The van der Waals surface area contributed by atoms with Crippen LogP contribution < -0.4 is 5.73 Å². The molecule has 15 heavy (non-hydrogen) atoms. The van der Waals surface area contributed by atoms with E-state index in [0.717, 1.165) is 12.3 Å². The van der Waals surface area contributed by atoms with Crippen molar-refractivity contribution in [1.82, 2.24) is 4.90 Å². The Balaban J connectivity index is 2.13. The van der Waals surface area contributed by atoms with E-state index in [1.165, 1.54) is 38.8 Å². The molecule has 1 aliphatic rings. The van der Waals surface area contributed by atoms with Gasteiger partial charge in [0, 0.05) is 18.6 Å².